The SMILES string of the molecule is CCn1c(CN(C)C(=O)CCCOc2ccccc2)nc2ccccc21. The number of amides is 1. The lowest BCUT2D eigenvalue weighted by Gasteiger charge is -2.17. The minimum atomic E-state index is 0.108. The Kier molecular flexibility index (Phi) is 5.89. The minimum absolute atomic E-state index is 0.108. The van der Waals surface area contributed by atoms with Crippen LogP contribution in [-0.2, 0) is 17.9 Å². The Morgan fingerprint density at radius 2 is 1.85 bits per heavy atom. The Morgan fingerprint density at radius 1 is 1.12 bits per heavy atom. The molecule has 0 saturated carbocycles. The lowest BCUT2D eigenvalue weighted by molar-refractivity contribution is -0.130. The van der Waals surface area contributed by atoms with Crippen LogP contribution in [0, 0.1) is 0 Å². The molecular weight excluding hydrogens is 326 g/mol. The predicted molar refractivity (Wildman–Crippen MR) is 103 cm³/mol. The van der Waals surface area contributed by atoms with Crippen LogP contribution in [0.5, 0.6) is 5.75 Å². The quantitative estimate of drug-likeness (QED) is 0.579. The van der Waals surface area contributed by atoms with Crippen molar-refractivity contribution in [3.8, 4) is 5.75 Å². The van der Waals surface area contributed by atoms with Gasteiger partial charge in [-0.15, -0.1) is 0 Å². The Morgan fingerprint density at radius 3 is 2.62 bits per heavy atom. The summed E-state index contributed by atoms with van der Waals surface area (Å²) in [6, 6.07) is 17.7. The summed E-state index contributed by atoms with van der Waals surface area (Å²) >= 11 is 0. The number of carbonyl (C=O) groups is 1. The molecule has 1 heterocycles. The number of para-hydroxylation sites is 3. The van der Waals surface area contributed by atoms with Gasteiger partial charge in [0.15, 0.2) is 0 Å². The molecule has 3 rings (SSSR count). The summed E-state index contributed by atoms with van der Waals surface area (Å²) in [5, 5.41) is 0. The van der Waals surface area contributed by atoms with Gasteiger partial charge < -0.3 is 14.2 Å². The molecule has 136 valence electrons. The van der Waals surface area contributed by atoms with Crippen molar-refractivity contribution in [2.45, 2.75) is 32.9 Å². The van der Waals surface area contributed by atoms with Gasteiger partial charge in [0, 0.05) is 20.0 Å². The zero-order valence-electron chi connectivity index (χ0n) is 15.4. The molecule has 5 heteroatoms. The van der Waals surface area contributed by atoms with E-state index in [4.69, 9.17) is 4.74 Å². The molecule has 26 heavy (non-hydrogen) atoms. The maximum atomic E-state index is 12.4. The molecule has 3 aromatic rings. The summed E-state index contributed by atoms with van der Waals surface area (Å²) < 4.78 is 7.81. The van der Waals surface area contributed by atoms with E-state index in [0.717, 1.165) is 29.2 Å². The first-order valence-corrected chi connectivity index (χ1v) is 9.05. The Labute approximate surface area is 154 Å². The topological polar surface area (TPSA) is 47.4 Å². The van der Waals surface area contributed by atoms with Crippen molar-refractivity contribution in [3.05, 3.63) is 60.4 Å². The number of hydrogen-bond donors (Lipinski definition) is 0. The Balaban J connectivity index is 1.53. The number of hydrogen-bond acceptors (Lipinski definition) is 3. The molecule has 0 aliphatic carbocycles. The van der Waals surface area contributed by atoms with E-state index >= 15 is 0 Å². The number of fused-ring (bicyclic) bond motifs is 1. The maximum Gasteiger partial charge on any atom is 0.222 e. The third kappa shape index (κ3) is 4.23. The van der Waals surface area contributed by atoms with Gasteiger partial charge in [-0.3, -0.25) is 4.79 Å². The molecule has 1 aromatic heterocycles. The minimum Gasteiger partial charge on any atom is -0.494 e. The summed E-state index contributed by atoms with van der Waals surface area (Å²) in [6.45, 7) is 3.99. The summed E-state index contributed by atoms with van der Waals surface area (Å²) in [7, 11) is 1.83. The zero-order chi connectivity index (χ0) is 18.4. The molecule has 0 N–H and O–H groups in total. The Bertz CT molecular complexity index is 858. The highest BCUT2D eigenvalue weighted by Crippen LogP contribution is 2.17. The molecule has 0 saturated heterocycles. The van der Waals surface area contributed by atoms with E-state index in [1.54, 1.807) is 4.90 Å². The lowest BCUT2D eigenvalue weighted by atomic mass is 10.3. The first kappa shape index (κ1) is 18.0. The molecule has 2 aromatic carbocycles. The maximum absolute atomic E-state index is 12.4. The fraction of sp³-hybridized carbons (Fsp3) is 0.333. The number of ether oxygens (including phenoxy) is 1. The standard InChI is InChI=1S/C21H25N3O2/c1-3-24-19-13-8-7-12-18(19)22-20(24)16-23(2)21(25)14-9-15-26-17-10-5-4-6-11-17/h4-8,10-13H,3,9,14-16H2,1-2H3. The second-order valence-electron chi connectivity index (χ2n) is 6.28. The molecule has 0 radical (unpaired) electrons. The molecule has 1 amide bonds. The van der Waals surface area contributed by atoms with Gasteiger partial charge in [-0.05, 0) is 37.6 Å². The van der Waals surface area contributed by atoms with Crippen molar-refractivity contribution in [1.29, 1.82) is 0 Å². The fourth-order valence-corrected chi connectivity index (χ4v) is 3.02. The van der Waals surface area contributed by atoms with Crippen LogP contribution < -0.4 is 4.74 Å². The van der Waals surface area contributed by atoms with E-state index < -0.39 is 0 Å². The third-order valence-corrected chi connectivity index (χ3v) is 4.40. The van der Waals surface area contributed by atoms with E-state index in [-0.39, 0.29) is 5.91 Å². The number of aromatic nitrogens is 2. The molecular formula is C21H25N3O2. The number of imidazole rings is 1. The van der Waals surface area contributed by atoms with E-state index in [1.165, 1.54) is 0 Å². The van der Waals surface area contributed by atoms with E-state index in [2.05, 4.69) is 22.5 Å². The van der Waals surface area contributed by atoms with E-state index in [1.807, 2.05) is 55.6 Å². The summed E-state index contributed by atoms with van der Waals surface area (Å²) in [6.07, 6.45) is 1.16. The van der Waals surface area contributed by atoms with Gasteiger partial charge in [-0.25, -0.2) is 4.98 Å². The molecule has 0 bridgehead atoms. The van der Waals surface area contributed by atoms with Gasteiger partial charge in [0.1, 0.15) is 11.6 Å². The molecule has 0 atom stereocenters. The number of benzene rings is 2. The highest BCUT2D eigenvalue weighted by atomic mass is 16.5. The predicted octanol–water partition coefficient (Wildman–Crippen LogP) is 3.87. The van der Waals surface area contributed by atoms with Gasteiger partial charge in [0.25, 0.3) is 0 Å². The summed E-state index contributed by atoms with van der Waals surface area (Å²) in [5.74, 6) is 1.87. The van der Waals surface area contributed by atoms with Crippen LogP contribution in [0.2, 0.25) is 0 Å². The van der Waals surface area contributed by atoms with Crippen molar-refractivity contribution < 1.29 is 9.53 Å². The number of aryl methyl sites for hydroxylation is 1. The van der Waals surface area contributed by atoms with Gasteiger partial charge >= 0.3 is 0 Å². The molecule has 0 aliphatic heterocycles. The molecule has 0 aliphatic rings. The third-order valence-electron chi connectivity index (χ3n) is 4.40. The number of rotatable bonds is 8. The summed E-state index contributed by atoms with van der Waals surface area (Å²) in [4.78, 5) is 18.8. The first-order valence-electron chi connectivity index (χ1n) is 9.05. The second-order valence-corrected chi connectivity index (χ2v) is 6.28. The van der Waals surface area contributed by atoms with Crippen LogP contribution in [0.1, 0.15) is 25.6 Å². The number of nitrogens with zero attached hydrogens (tertiary/aromatic N) is 3. The molecule has 0 fully saturated rings. The highest BCUT2D eigenvalue weighted by Gasteiger charge is 2.14. The van der Waals surface area contributed by atoms with Crippen molar-refractivity contribution in [2.24, 2.45) is 0 Å². The van der Waals surface area contributed by atoms with Crippen LogP contribution in [0.3, 0.4) is 0 Å². The first-order chi connectivity index (χ1) is 12.7. The van der Waals surface area contributed by atoms with Crippen LogP contribution in [0.25, 0.3) is 11.0 Å². The molecule has 5 nitrogen and oxygen atoms in total. The second kappa shape index (κ2) is 8.52. The van der Waals surface area contributed by atoms with Gasteiger partial charge in [0.05, 0.1) is 24.2 Å². The van der Waals surface area contributed by atoms with Crippen molar-refractivity contribution >= 4 is 16.9 Å². The van der Waals surface area contributed by atoms with Crippen molar-refractivity contribution in [2.75, 3.05) is 13.7 Å². The molecule has 0 unspecified atom stereocenters. The average Bonchev–Trinajstić information content (AvgIpc) is 3.02. The van der Waals surface area contributed by atoms with Crippen LogP contribution >= 0.6 is 0 Å². The normalized spacial score (nSPS) is 10.8. The van der Waals surface area contributed by atoms with E-state index in [0.29, 0.717) is 26.0 Å². The summed E-state index contributed by atoms with van der Waals surface area (Å²) in [5.41, 5.74) is 2.09. The fourth-order valence-electron chi connectivity index (χ4n) is 3.02. The van der Waals surface area contributed by atoms with Gasteiger partial charge in [0.2, 0.25) is 5.91 Å². The van der Waals surface area contributed by atoms with Crippen molar-refractivity contribution in [1.82, 2.24) is 14.5 Å². The van der Waals surface area contributed by atoms with Gasteiger partial charge in [-0.1, -0.05) is 30.3 Å². The zero-order valence-corrected chi connectivity index (χ0v) is 15.4. The largest absolute Gasteiger partial charge is 0.494 e. The average molecular weight is 351 g/mol. The highest BCUT2D eigenvalue weighted by molar-refractivity contribution is 5.77. The van der Waals surface area contributed by atoms with Crippen molar-refractivity contribution in [3.63, 3.8) is 0 Å². The number of carbonyl (C=O) groups excluding carboxylic acids is 1. The van der Waals surface area contributed by atoms with Crippen LogP contribution in [0.15, 0.2) is 54.6 Å². The molecule has 0 spiro atoms. The van der Waals surface area contributed by atoms with Gasteiger partial charge in [-0.2, -0.15) is 0 Å². The van der Waals surface area contributed by atoms with Crippen LogP contribution in [0.4, 0.5) is 0 Å². The van der Waals surface area contributed by atoms with Crippen LogP contribution in [-0.4, -0.2) is 34.0 Å². The van der Waals surface area contributed by atoms with E-state index in [9.17, 15) is 4.79 Å². The Hall–Kier alpha value is -2.82. The smallest absolute Gasteiger partial charge is 0.222 e. The lowest BCUT2D eigenvalue weighted by Crippen LogP contribution is -2.27. The monoisotopic (exact) mass is 351 g/mol.